The maximum atomic E-state index is 13.3. The molecule has 1 unspecified atom stereocenters. The highest BCUT2D eigenvalue weighted by Crippen LogP contribution is 2.32. The summed E-state index contributed by atoms with van der Waals surface area (Å²) in [5, 5.41) is 8.71. The van der Waals surface area contributed by atoms with Crippen LogP contribution in [0.2, 0.25) is 0 Å². The number of carbonyl (C=O) groups is 2. The predicted molar refractivity (Wildman–Crippen MR) is 76.9 cm³/mol. The fourth-order valence-electron chi connectivity index (χ4n) is 2.87. The van der Waals surface area contributed by atoms with Crippen LogP contribution >= 0.6 is 0 Å². The molecule has 132 valence electrons. The summed E-state index contributed by atoms with van der Waals surface area (Å²) in [6.07, 6.45) is -3.04. The first-order valence-electron chi connectivity index (χ1n) is 7.56. The quantitative estimate of drug-likeness (QED) is 0.848. The number of benzene rings is 1. The van der Waals surface area contributed by atoms with E-state index in [0.29, 0.717) is 38.1 Å². The van der Waals surface area contributed by atoms with Gasteiger partial charge in [-0.3, -0.25) is 9.59 Å². The average molecular weight is 347 g/mol. The van der Waals surface area contributed by atoms with Gasteiger partial charge in [0, 0.05) is 25.1 Å². The maximum absolute atomic E-state index is 13.3. The van der Waals surface area contributed by atoms with Crippen LogP contribution in [-0.2, 0) is 11.0 Å². The van der Waals surface area contributed by atoms with Crippen molar-refractivity contribution in [2.24, 2.45) is 5.92 Å². The van der Waals surface area contributed by atoms with Gasteiger partial charge in [0.1, 0.15) is 5.82 Å². The van der Waals surface area contributed by atoms with Crippen LogP contribution in [0.15, 0.2) is 18.2 Å². The van der Waals surface area contributed by atoms with E-state index >= 15 is 0 Å². The summed E-state index contributed by atoms with van der Waals surface area (Å²) in [4.78, 5) is 24.4. The fourth-order valence-corrected chi connectivity index (χ4v) is 2.87. The Balaban J connectivity index is 2.12. The molecule has 1 atom stereocenters. The Labute approximate surface area is 136 Å². The number of rotatable bonds is 4. The topological polar surface area (TPSA) is 57.6 Å². The van der Waals surface area contributed by atoms with Gasteiger partial charge >= 0.3 is 12.1 Å². The highest BCUT2D eigenvalue weighted by molar-refractivity contribution is 5.94. The average Bonchev–Trinajstić information content (AvgIpc) is 2.52. The van der Waals surface area contributed by atoms with Gasteiger partial charge in [-0.2, -0.15) is 13.2 Å². The van der Waals surface area contributed by atoms with Crippen molar-refractivity contribution in [1.82, 2.24) is 4.90 Å². The van der Waals surface area contributed by atoms with Crippen LogP contribution in [0.4, 0.5) is 17.6 Å². The zero-order chi connectivity index (χ0) is 17.9. The van der Waals surface area contributed by atoms with E-state index in [-0.39, 0.29) is 17.9 Å². The van der Waals surface area contributed by atoms with Gasteiger partial charge in [0.2, 0.25) is 0 Å². The Morgan fingerprint density at radius 2 is 2.00 bits per heavy atom. The smallest absolute Gasteiger partial charge is 0.419 e. The van der Waals surface area contributed by atoms with E-state index in [1.807, 2.05) is 0 Å². The first-order valence-corrected chi connectivity index (χ1v) is 7.56. The molecule has 1 fully saturated rings. The fraction of sp³-hybridized carbons (Fsp3) is 0.500. The Hall–Kier alpha value is -2.12. The molecule has 1 aromatic carbocycles. The second kappa shape index (κ2) is 7.19. The van der Waals surface area contributed by atoms with Crippen molar-refractivity contribution in [3.63, 3.8) is 0 Å². The standard InChI is InChI=1S/C16H17F4NO3/c17-13-5-4-11(8-12(13)16(18,19)20)15(24)21-7-1-2-10(9-21)3-6-14(22)23/h4-5,8,10H,1-3,6-7,9H2,(H,22,23). The van der Waals surface area contributed by atoms with Crippen LogP contribution < -0.4 is 0 Å². The minimum absolute atomic E-state index is 0.00124. The van der Waals surface area contributed by atoms with Crippen LogP contribution in [0.1, 0.15) is 41.6 Å². The van der Waals surface area contributed by atoms with Gasteiger partial charge in [-0.25, -0.2) is 4.39 Å². The molecule has 0 aliphatic carbocycles. The lowest BCUT2D eigenvalue weighted by Crippen LogP contribution is -2.40. The number of amides is 1. The maximum Gasteiger partial charge on any atom is 0.419 e. The van der Waals surface area contributed by atoms with Crippen molar-refractivity contribution < 1.29 is 32.3 Å². The van der Waals surface area contributed by atoms with E-state index in [1.54, 1.807) is 0 Å². The number of hydrogen-bond donors (Lipinski definition) is 1. The summed E-state index contributed by atoms with van der Waals surface area (Å²) in [5.74, 6) is -2.94. The molecule has 1 amide bonds. The summed E-state index contributed by atoms with van der Waals surface area (Å²) in [6, 6.07) is 2.20. The van der Waals surface area contributed by atoms with Crippen LogP contribution in [-0.4, -0.2) is 35.0 Å². The van der Waals surface area contributed by atoms with E-state index in [4.69, 9.17) is 5.11 Å². The normalized spacial score (nSPS) is 18.5. The van der Waals surface area contributed by atoms with Crippen molar-refractivity contribution in [3.8, 4) is 0 Å². The van der Waals surface area contributed by atoms with Crippen LogP contribution in [0.5, 0.6) is 0 Å². The highest BCUT2D eigenvalue weighted by atomic mass is 19.4. The predicted octanol–water partition coefficient (Wildman–Crippen LogP) is 3.56. The number of hydrogen-bond acceptors (Lipinski definition) is 2. The monoisotopic (exact) mass is 347 g/mol. The van der Waals surface area contributed by atoms with Crippen LogP contribution in [0.3, 0.4) is 0 Å². The van der Waals surface area contributed by atoms with Crippen molar-refractivity contribution in [2.45, 2.75) is 31.9 Å². The molecule has 0 aromatic heterocycles. The summed E-state index contributed by atoms with van der Waals surface area (Å²) in [6.45, 7) is 0.686. The van der Waals surface area contributed by atoms with Crippen molar-refractivity contribution >= 4 is 11.9 Å². The second-order valence-corrected chi connectivity index (χ2v) is 5.88. The molecule has 1 aliphatic heterocycles. The zero-order valence-corrected chi connectivity index (χ0v) is 12.8. The van der Waals surface area contributed by atoms with E-state index < -0.39 is 29.4 Å². The number of carbonyl (C=O) groups excluding carboxylic acids is 1. The molecule has 0 radical (unpaired) electrons. The number of halogens is 4. The number of piperidine rings is 1. The Bertz CT molecular complexity index is 630. The van der Waals surface area contributed by atoms with E-state index in [1.165, 1.54) is 4.90 Å². The molecule has 0 spiro atoms. The van der Waals surface area contributed by atoms with Crippen molar-refractivity contribution in [2.75, 3.05) is 13.1 Å². The third kappa shape index (κ3) is 4.46. The molecular weight excluding hydrogens is 330 g/mol. The van der Waals surface area contributed by atoms with Crippen LogP contribution in [0, 0.1) is 11.7 Å². The molecule has 1 saturated heterocycles. The molecule has 1 heterocycles. The molecule has 2 rings (SSSR count). The molecule has 0 saturated carbocycles. The first kappa shape index (κ1) is 18.2. The lowest BCUT2D eigenvalue weighted by molar-refractivity contribution is -0.140. The van der Waals surface area contributed by atoms with Gasteiger partial charge in [-0.15, -0.1) is 0 Å². The number of carboxylic acid groups (broad SMARTS) is 1. The largest absolute Gasteiger partial charge is 0.481 e. The number of likely N-dealkylation sites (tertiary alicyclic amines) is 1. The molecule has 1 aliphatic rings. The molecule has 4 nitrogen and oxygen atoms in total. The van der Waals surface area contributed by atoms with Crippen molar-refractivity contribution in [1.29, 1.82) is 0 Å². The van der Waals surface area contributed by atoms with Crippen molar-refractivity contribution in [3.05, 3.63) is 35.1 Å². The minimum atomic E-state index is -4.87. The van der Waals surface area contributed by atoms with E-state index in [0.717, 1.165) is 12.5 Å². The number of aliphatic carboxylic acids is 1. The van der Waals surface area contributed by atoms with Gasteiger partial charge in [0.25, 0.3) is 5.91 Å². The second-order valence-electron chi connectivity index (χ2n) is 5.88. The lowest BCUT2D eigenvalue weighted by atomic mass is 9.93. The molecular formula is C16H17F4NO3. The zero-order valence-electron chi connectivity index (χ0n) is 12.8. The molecule has 1 N–H and O–H groups in total. The van der Waals surface area contributed by atoms with Crippen LogP contribution in [0.25, 0.3) is 0 Å². The highest BCUT2D eigenvalue weighted by Gasteiger charge is 2.35. The third-order valence-corrected chi connectivity index (χ3v) is 4.09. The molecule has 8 heteroatoms. The number of alkyl halides is 3. The van der Waals surface area contributed by atoms with Gasteiger partial charge in [0.05, 0.1) is 5.56 Å². The number of nitrogens with zero attached hydrogens (tertiary/aromatic N) is 1. The summed E-state index contributed by atoms with van der Waals surface area (Å²) < 4.78 is 51.6. The summed E-state index contributed by atoms with van der Waals surface area (Å²) in [5.41, 5.74) is -1.68. The van der Waals surface area contributed by atoms with Gasteiger partial charge in [0.15, 0.2) is 0 Å². The Morgan fingerprint density at radius 1 is 1.29 bits per heavy atom. The van der Waals surface area contributed by atoms with E-state index in [9.17, 15) is 27.2 Å². The first-order chi connectivity index (χ1) is 11.2. The van der Waals surface area contributed by atoms with Gasteiger partial charge in [-0.05, 0) is 43.4 Å². The Morgan fingerprint density at radius 3 is 2.62 bits per heavy atom. The number of carboxylic acids is 1. The molecule has 24 heavy (non-hydrogen) atoms. The van der Waals surface area contributed by atoms with Gasteiger partial charge < -0.3 is 10.0 Å². The molecule has 0 bridgehead atoms. The Kier molecular flexibility index (Phi) is 5.46. The third-order valence-electron chi connectivity index (χ3n) is 4.09. The molecule has 1 aromatic rings. The van der Waals surface area contributed by atoms with E-state index in [2.05, 4.69) is 0 Å². The van der Waals surface area contributed by atoms with Gasteiger partial charge in [-0.1, -0.05) is 0 Å². The summed E-state index contributed by atoms with van der Waals surface area (Å²) >= 11 is 0. The SMILES string of the molecule is O=C(O)CCC1CCCN(C(=O)c2ccc(F)c(C(F)(F)F)c2)C1. The summed E-state index contributed by atoms with van der Waals surface area (Å²) in [7, 11) is 0. The minimum Gasteiger partial charge on any atom is -0.481 e. The lowest BCUT2D eigenvalue weighted by Gasteiger charge is -2.32.